The van der Waals surface area contributed by atoms with Crippen LogP contribution >= 0.6 is 24.0 Å². The Hall–Kier alpha value is -0.940. The molecular formula is C18H32IN7O. The minimum Gasteiger partial charge on any atom is -0.381 e. The zero-order valence-corrected chi connectivity index (χ0v) is 18.5. The van der Waals surface area contributed by atoms with Gasteiger partial charge in [0.05, 0.1) is 6.54 Å². The molecule has 27 heavy (non-hydrogen) atoms. The zero-order chi connectivity index (χ0) is 17.8. The van der Waals surface area contributed by atoms with Crippen molar-refractivity contribution in [3.63, 3.8) is 0 Å². The SMILES string of the molecule is CN=C(NCC1(N2CCCC2)CCOCC1)NC1CCc2ncnn2C1.I. The van der Waals surface area contributed by atoms with Crippen LogP contribution in [0.5, 0.6) is 0 Å². The molecule has 9 heteroatoms. The number of aliphatic imine (C=N–C) groups is 1. The number of nitrogens with zero attached hydrogens (tertiary/aromatic N) is 5. The van der Waals surface area contributed by atoms with Crippen molar-refractivity contribution in [3.05, 3.63) is 12.2 Å². The van der Waals surface area contributed by atoms with E-state index in [1.807, 2.05) is 11.7 Å². The minimum atomic E-state index is 0. The number of hydrogen-bond donors (Lipinski definition) is 2. The van der Waals surface area contributed by atoms with Crippen molar-refractivity contribution in [1.29, 1.82) is 0 Å². The summed E-state index contributed by atoms with van der Waals surface area (Å²) in [5.74, 6) is 1.98. The van der Waals surface area contributed by atoms with E-state index in [1.54, 1.807) is 6.33 Å². The molecule has 0 radical (unpaired) electrons. The van der Waals surface area contributed by atoms with E-state index in [-0.39, 0.29) is 29.5 Å². The number of ether oxygens (including phenoxy) is 1. The molecule has 0 saturated carbocycles. The second-order valence-corrected chi connectivity index (χ2v) is 7.69. The van der Waals surface area contributed by atoms with Gasteiger partial charge in [0.2, 0.25) is 0 Å². The van der Waals surface area contributed by atoms with Crippen LogP contribution in [-0.4, -0.2) is 77.1 Å². The van der Waals surface area contributed by atoms with Crippen LogP contribution in [0.1, 0.15) is 37.9 Å². The molecule has 3 aliphatic rings. The predicted octanol–water partition coefficient (Wildman–Crippen LogP) is 1.02. The Bertz CT molecular complexity index is 623. The maximum atomic E-state index is 5.65. The van der Waals surface area contributed by atoms with Gasteiger partial charge in [-0.25, -0.2) is 9.67 Å². The van der Waals surface area contributed by atoms with E-state index < -0.39 is 0 Å². The third-order valence-electron chi connectivity index (χ3n) is 6.16. The number of guanidine groups is 1. The molecule has 4 rings (SSSR count). The van der Waals surface area contributed by atoms with Crippen LogP contribution in [0, 0.1) is 0 Å². The lowest BCUT2D eigenvalue weighted by atomic mass is 9.88. The van der Waals surface area contributed by atoms with Crippen LogP contribution in [0.3, 0.4) is 0 Å². The molecular weight excluding hydrogens is 457 g/mol. The summed E-state index contributed by atoms with van der Waals surface area (Å²) in [6, 6.07) is 0.341. The Balaban J connectivity index is 0.00000210. The molecule has 1 atom stereocenters. The molecule has 3 aliphatic heterocycles. The van der Waals surface area contributed by atoms with Crippen molar-refractivity contribution < 1.29 is 4.74 Å². The highest BCUT2D eigenvalue weighted by Crippen LogP contribution is 2.30. The van der Waals surface area contributed by atoms with Gasteiger partial charge >= 0.3 is 0 Å². The molecule has 4 heterocycles. The predicted molar refractivity (Wildman–Crippen MR) is 116 cm³/mol. The first-order valence-electron chi connectivity index (χ1n) is 9.96. The van der Waals surface area contributed by atoms with Crippen LogP contribution in [0.2, 0.25) is 0 Å². The third kappa shape index (κ3) is 4.73. The molecule has 1 unspecified atom stereocenters. The molecule has 0 bridgehead atoms. The van der Waals surface area contributed by atoms with Crippen molar-refractivity contribution in [3.8, 4) is 0 Å². The van der Waals surface area contributed by atoms with Gasteiger partial charge in [0.15, 0.2) is 5.96 Å². The monoisotopic (exact) mass is 489 g/mol. The summed E-state index contributed by atoms with van der Waals surface area (Å²) in [6.45, 7) is 5.93. The van der Waals surface area contributed by atoms with Crippen LogP contribution in [-0.2, 0) is 17.7 Å². The Morgan fingerprint density at radius 2 is 2.11 bits per heavy atom. The van der Waals surface area contributed by atoms with Gasteiger partial charge < -0.3 is 15.4 Å². The number of hydrogen-bond acceptors (Lipinski definition) is 5. The zero-order valence-electron chi connectivity index (χ0n) is 16.2. The molecule has 0 aliphatic carbocycles. The smallest absolute Gasteiger partial charge is 0.191 e. The molecule has 2 fully saturated rings. The maximum absolute atomic E-state index is 5.65. The number of fused-ring (bicyclic) bond motifs is 1. The lowest BCUT2D eigenvalue weighted by Gasteiger charge is -2.45. The van der Waals surface area contributed by atoms with Gasteiger partial charge in [0.25, 0.3) is 0 Å². The summed E-state index contributed by atoms with van der Waals surface area (Å²) in [5, 5.41) is 11.5. The van der Waals surface area contributed by atoms with Crippen molar-refractivity contribution in [2.45, 2.75) is 56.7 Å². The molecule has 152 valence electrons. The topological polar surface area (TPSA) is 79.6 Å². The average Bonchev–Trinajstić information content (AvgIpc) is 3.37. The van der Waals surface area contributed by atoms with E-state index >= 15 is 0 Å². The molecule has 2 N–H and O–H groups in total. The van der Waals surface area contributed by atoms with Crippen LogP contribution in [0.4, 0.5) is 0 Å². The molecule has 1 aromatic rings. The molecule has 0 amide bonds. The van der Waals surface area contributed by atoms with Gasteiger partial charge in [-0.05, 0) is 45.2 Å². The number of rotatable bonds is 4. The van der Waals surface area contributed by atoms with E-state index in [0.29, 0.717) is 6.04 Å². The van der Waals surface area contributed by atoms with Crippen LogP contribution in [0.15, 0.2) is 11.3 Å². The highest BCUT2D eigenvalue weighted by Gasteiger charge is 2.39. The first-order valence-corrected chi connectivity index (χ1v) is 9.96. The van der Waals surface area contributed by atoms with Crippen molar-refractivity contribution in [2.24, 2.45) is 4.99 Å². The number of nitrogens with one attached hydrogen (secondary N) is 2. The van der Waals surface area contributed by atoms with E-state index in [2.05, 4.69) is 30.6 Å². The highest BCUT2D eigenvalue weighted by molar-refractivity contribution is 14.0. The van der Waals surface area contributed by atoms with Gasteiger partial charge in [-0.2, -0.15) is 5.10 Å². The Morgan fingerprint density at radius 1 is 1.33 bits per heavy atom. The average molecular weight is 489 g/mol. The molecule has 2 saturated heterocycles. The fourth-order valence-electron chi connectivity index (χ4n) is 4.54. The van der Waals surface area contributed by atoms with Crippen LogP contribution < -0.4 is 10.6 Å². The minimum absolute atomic E-state index is 0. The second kappa shape index (κ2) is 9.51. The summed E-state index contributed by atoms with van der Waals surface area (Å²) in [5.41, 5.74) is 0.206. The summed E-state index contributed by atoms with van der Waals surface area (Å²) < 4.78 is 7.65. The highest BCUT2D eigenvalue weighted by atomic mass is 127. The largest absolute Gasteiger partial charge is 0.381 e. The first-order chi connectivity index (χ1) is 12.8. The summed E-state index contributed by atoms with van der Waals surface area (Å²) in [4.78, 5) is 11.4. The number of likely N-dealkylation sites (tertiary alicyclic amines) is 1. The Morgan fingerprint density at radius 3 is 2.85 bits per heavy atom. The summed E-state index contributed by atoms with van der Waals surface area (Å²) in [6.07, 6.45) is 8.51. The lowest BCUT2D eigenvalue weighted by molar-refractivity contribution is -0.0164. The van der Waals surface area contributed by atoms with E-state index in [9.17, 15) is 0 Å². The number of aromatic nitrogens is 3. The number of halogens is 1. The van der Waals surface area contributed by atoms with E-state index in [4.69, 9.17) is 4.74 Å². The van der Waals surface area contributed by atoms with Gasteiger partial charge in [0.1, 0.15) is 12.2 Å². The van der Waals surface area contributed by atoms with Crippen LogP contribution in [0.25, 0.3) is 0 Å². The van der Waals surface area contributed by atoms with Gasteiger partial charge in [-0.1, -0.05) is 0 Å². The fraction of sp³-hybridized carbons (Fsp3) is 0.833. The van der Waals surface area contributed by atoms with Crippen molar-refractivity contribution in [2.75, 3.05) is 39.9 Å². The lowest BCUT2D eigenvalue weighted by Crippen LogP contribution is -2.59. The Labute approximate surface area is 178 Å². The first kappa shape index (κ1) is 20.8. The van der Waals surface area contributed by atoms with Crippen molar-refractivity contribution in [1.82, 2.24) is 30.3 Å². The van der Waals surface area contributed by atoms with E-state index in [0.717, 1.165) is 63.8 Å². The fourth-order valence-corrected chi connectivity index (χ4v) is 4.54. The molecule has 0 aromatic carbocycles. The van der Waals surface area contributed by atoms with Gasteiger partial charge in [-0.3, -0.25) is 9.89 Å². The van der Waals surface area contributed by atoms with Gasteiger partial charge in [-0.15, -0.1) is 24.0 Å². The van der Waals surface area contributed by atoms with E-state index in [1.165, 1.54) is 25.9 Å². The summed E-state index contributed by atoms with van der Waals surface area (Å²) in [7, 11) is 1.85. The molecule has 1 aromatic heterocycles. The maximum Gasteiger partial charge on any atom is 0.191 e. The van der Waals surface area contributed by atoms with Crippen molar-refractivity contribution >= 4 is 29.9 Å². The third-order valence-corrected chi connectivity index (χ3v) is 6.16. The van der Waals surface area contributed by atoms with Gasteiger partial charge in [0, 0.05) is 44.8 Å². The second-order valence-electron chi connectivity index (χ2n) is 7.69. The molecule has 8 nitrogen and oxygen atoms in total. The summed E-state index contributed by atoms with van der Waals surface area (Å²) >= 11 is 0. The quantitative estimate of drug-likeness (QED) is 0.374. The Kier molecular flexibility index (Phi) is 7.32. The standard InChI is InChI=1S/C18H31N7O.HI/c1-19-17(23-15-4-5-16-21-14-22-25(16)12-15)20-13-18(6-10-26-11-7-18)24-8-2-3-9-24;/h14-15H,2-13H2,1H3,(H2,19,20,23);1H. The normalized spacial score (nSPS) is 25.5. The molecule has 0 spiro atoms. The number of aryl methyl sites for hydroxylation is 1.